The molecule has 1 aromatic carbocycles. The van der Waals surface area contributed by atoms with Gasteiger partial charge in [-0.1, -0.05) is 11.6 Å². The van der Waals surface area contributed by atoms with Gasteiger partial charge in [0.2, 0.25) is 0 Å². The highest BCUT2D eigenvalue weighted by Crippen LogP contribution is 2.25. The summed E-state index contributed by atoms with van der Waals surface area (Å²) in [5.74, 6) is 0.764. The maximum atomic E-state index is 12.9. The standard InChI is InChI=1S/C12H9ClFN5/c1-7-10(13)18-12-15-6-16-19(12)11(7)17-9-4-2-8(14)3-5-9/h2-6,17H,1H3. The van der Waals surface area contributed by atoms with Gasteiger partial charge < -0.3 is 5.32 Å². The van der Waals surface area contributed by atoms with Crippen LogP contribution in [0, 0.1) is 12.7 Å². The zero-order valence-electron chi connectivity index (χ0n) is 9.93. The fraction of sp³-hybridized carbons (Fsp3) is 0.0833. The fourth-order valence-electron chi connectivity index (χ4n) is 1.71. The summed E-state index contributed by atoms with van der Waals surface area (Å²) in [4.78, 5) is 8.10. The lowest BCUT2D eigenvalue weighted by Gasteiger charge is -2.11. The number of halogens is 2. The maximum absolute atomic E-state index is 12.9. The Morgan fingerprint density at radius 3 is 2.74 bits per heavy atom. The van der Waals surface area contributed by atoms with Crippen LogP contribution < -0.4 is 5.32 Å². The molecule has 0 aliphatic carbocycles. The Bertz CT molecular complexity index is 738. The lowest BCUT2D eigenvalue weighted by Crippen LogP contribution is -2.05. The minimum absolute atomic E-state index is 0.291. The zero-order valence-corrected chi connectivity index (χ0v) is 10.7. The molecule has 2 aromatic heterocycles. The van der Waals surface area contributed by atoms with Gasteiger partial charge in [-0.05, 0) is 31.2 Å². The van der Waals surface area contributed by atoms with Crippen LogP contribution in [0.15, 0.2) is 30.6 Å². The van der Waals surface area contributed by atoms with E-state index in [4.69, 9.17) is 11.6 Å². The third kappa shape index (κ3) is 2.10. The van der Waals surface area contributed by atoms with Gasteiger partial charge in [-0.2, -0.15) is 19.6 Å². The van der Waals surface area contributed by atoms with Gasteiger partial charge in [0.05, 0.1) is 0 Å². The van der Waals surface area contributed by atoms with E-state index in [9.17, 15) is 4.39 Å². The van der Waals surface area contributed by atoms with E-state index < -0.39 is 0 Å². The summed E-state index contributed by atoms with van der Waals surface area (Å²) in [6, 6.07) is 6.01. The van der Waals surface area contributed by atoms with Crippen molar-refractivity contribution in [2.24, 2.45) is 0 Å². The van der Waals surface area contributed by atoms with Crippen LogP contribution in [-0.2, 0) is 0 Å². The van der Waals surface area contributed by atoms with Crippen LogP contribution in [0.1, 0.15) is 5.56 Å². The van der Waals surface area contributed by atoms with Gasteiger partial charge in [-0.25, -0.2) is 4.39 Å². The Balaban J connectivity index is 2.11. The molecule has 0 saturated heterocycles. The molecule has 3 aromatic rings. The van der Waals surface area contributed by atoms with Crippen LogP contribution in [0.25, 0.3) is 5.78 Å². The summed E-state index contributed by atoms with van der Waals surface area (Å²) in [7, 11) is 0. The van der Waals surface area contributed by atoms with Gasteiger partial charge in [0.1, 0.15) is 23.1 Å². The average molecular weight is 278 g/mol. The first-order valence-corrected chi connectivity index (χ1v) is 5.91. The Morgan fingerprint density at radius 2 is 2.00 bits per heavy atom. The summed E-state index contributed by atoms with van der Waals surface area (Å²) < 4.78 is 14.4. The normalized spacial score (nSPS) is 10.9. The van der Waals surface area contributed by atoms with Crippen molar-refractivity contribution in [2.45, 2.75) is 6.92 Å². The first-order chi connectivity index (χ1) is 9.15. The van der Waals surface area contributed by atoms with Crippen molar-refractivity contribution < 1.29 is 4.39 Å². The molecule has 1 N–H and O–H groups in total. The number of fused-ring (bicyclic) bond motifs is 1. The highest BCUT2D eigenvalue weighted by molar-refractivity contribution is 6.30. The predicted molar refractivity (Wildman–Crippen MR) is 70.2 cm³/mol. The van der Waals surface area contributed by atoms with Crippen LogP contribution >= 0.6 is 11.6 Å². The Hall–Kier alpha value is -2.21. The van der Waals surface area contributed by atoms with Gasteiger partial charge in [-0.15, -0.1) is 0 Å². The lowest BCUT2D eigenvalue weighted by molar-refractivity contribution is 0.628. The number of hydrogen-bond donors (Lipinski definition) is 1. The molecule has 96 valence electrons. The fourth-order valence-corrected chi connectivity index (χ4v) is 1.88. The number of nitrogens with one attached hydrogen (secondary N) is 1. The Kier molecular flexibility index (Phi) is 2.79. The molecule has 0 aliphatic rings. The third-order valence-corrected chi connectivity index (χ3v) is 3.08. The first-order valence-electron chi connectivity index (χ1n) is 5.53. The summed E-state index contributed by atoms with van der Waals surface area (Å²) in [6.07, 6.45) is 1.40. The highest BCUT2D eigenvalue weighted by atomic mass is 35.5. The molecular weight excluding hydrogens is 269 g/mol. The first kappa shape index (κ1) is 11.9. The van der Waals surface area contributed by atoms with Gasteiger partial charge in [-0.3, -0.25) is 0 Å². The molecular formula is C12H9ClFN5. The smallest absolute Gasteiger partial charge is 0.255 e. The molecule has 2 heterocycles. The van der Waals surface area contributed by atoms with E-state index in [-0.39, 0.29) is 5.82 Å². The molecule has 7 heteroatoms. The number of aromatic nitrogens is 4. The monoisotopic (exact) mass is 277 g/mol. The SMILES string of the molecule is Cc1c(Cl)nc2ncnn2c1Nc1ccc(F)cc1. The van der Waals surface area contributed by atoms with Gasteiger partial charge in [0, 0.05) is 11.3 Å². The van der Waals surface area contributed by atoms with E-state index >= 15 is 0 Å². The van der Waals surface area contributed by atoms with E-state index in [0.29, 0.717) is 16.7 Å². The van der Waals surface area contributed by atoms with E-state index in [2.05, 4.69) is 20.4 Å². The number of nitrogens with zero attached hydrogens (tertiary/aromatic N) is 4. The number of benzene rings is 1. The van der Waals surface area contributed by atoms with E-state index in [0.717, 1.165) is 11.3 Å². The molecule has 0 aliphatic heterocycles. The Labute approximate surface area is 113 Å². The zero-order chi connectivity index (χ0) is 13.4. The summed E-state index contributed by atoms with van der Waals surface area (Å²) in [5.41, 5.74) is 1.47. The minimum atomic E-state index is -0.291. The van der Waals surface area contributed by atoms with Crippen molar-refractivity contribution in [1.82, 2.24) is 19.6 Å². The highest BCUT2D eigenvalue weighted by Gasteiger charge is 2.12. The Morgan fingerprint density at radius 1 is 1.26 bits per heavy atom. The van der Waals surface area contributed by atoms with Crippen molar-refractivity contribution >= 4 is 28.9 Å². The molecule has 0 fully saturated rings. The topological polar surface area (TPSA) is 55.1 Å². The molecule has 0 radical (unpaired) electrons. The van der Waals surface area contributed by atoms with Crippen molar-refractivity contribution in [3.63, 3.8) is 0 Å². The van der Waals surface area contributed by atoms with E-state index in [1.165, 1.54) is 18.5 Å². The average Bonchev–Trinajstić information content (AvgIpc) is 2.85. The van der Waals surface area contributed by atoms with Crippen LogP contribution in [-0.4, -0.2) is 19.6 Å². The van der Waals surface area contributed by atoms with E-state index in [1.807, 2.05) is 6.92 Å². The minimum Gasteiger partial charge on any atom is -0.340 e. The second-order valence-electron chi connectivity index (χ2n) is 3.98. The van der Waals surface area contributed by atoms with Crippen molar-refractivity contribution in [3.8, 4) is 0 Å². The number of rotatable bonds is 2. The van der Waals surface area contributed by atoms with Crippen molar-refractivity contribution in [2.75, 3.05) is 5.32 Å². The van der Waals surface area contributed by atoms with Gasteiger partial charge in [0.25, 0.3) is 5.78 Å². The second-order valence-corrected chi connectivity index (χ2v) is 4.34. The lowest BCUT2D eigenvalue weighted by atomic mass is 10.3. The molecule has 19 heavy (non-hydrogen) atoms. The molecule has 0 atom stereocenters. The molecule has 0 unspecified atom stereocenters. The van der Waals surface area contributed by atoms with Crippen LogP contribution in [0.4, 0.5) is 15.9 Å². The van der Waals surface area contributed by atoms with E-state index in [1.54, 1.807) is 16.6 Å². The molecule has 0 spiro atoms. The van der Waals surface area contributed by atoms with Gasteiger partial charge in [0.15, 0.2) is 0 Å². The largest absolute Gasteiger partial charge is 0.340 e. The second kappa shape index (κ2) is 4.47. The summed E-state index contributed by atoms with van der Waals surface area (Å²) >= 11 is 6.05. The molecule has 5 nitrogen and oxygen atoms in total. The molecule has 0 bridgehead atoms. The quantitative estimate of drug-likeness (QED) is 0.732. The van der Waals surface area contributed by atoms with Crippen molar-refractivity contribution in [3.05, 3.63) is 47.1 Å². The summed E-state index contributed by atoms with van der Waals surface area (Å²) in [5, 5.41) is 7.57. The van der Waals surface area contributed by atoms with Gasteiger partial charge >= 0.3 is 0 Å². The predicted octanol–water partition coefficient (Wildman–Crippen LogP) is 2.97. The van der Waals surface area contributed by atoms with Crippen LogP contribution in [0.3, 0.4) is 0 Å². The number of anilines is 2. The van der Waals surface area contributed by atoms with Crippen molar-refractivity contribution in [1.29, 1.82) is 0 Å². The number of hydrogen-bond acceptors (Lipinski definition) is 4. The summed E-state index contributed by atoms with van der Waals surface area (Å²) in [6.45, 7) is 1.82. The van der Waals surface area contributed by atoms with Crippen LogP contribution in [0.5, 0.6) is 0 Å². The maximum Gasteiger partial charge on any atom is 0.255 e. The van der Waals surface area contributed by atoms with Crippen LogP contribution in [0.2, 0.25) is 5.15 Å². The molecule has 3 rings (SSSR count). The third-order valence-electron chi connectivity index (χ3n) is 2.71. The molecule has 0 saturated carbocycles. The molecule has 0 amide bonds.